The van der Waals surface area contributed by atoms with E-state index in [1.165, 1.54) is 16.8 Å². The van der Waals surface area contributed by atoms with E-state index >= 15 is 0 Å². The highest BCUT2D eigenvalue weighted by Gasteiger charge is 2.29. The van der Waals surface area contributed by atoms with Crippen LogP contribution >= 0.6 is 15.9 Å². The summed E-state index contributed by atoms with van der Waals surface area (Å²) in [5.74, 6) is -0.946. The minimum absolute atomic E-state index is 0.111. The summed E-state index contributed by atoms with van der Waals surface area (Å²) in [6, 6.07) is 4.38. The topological polar surface area (TPSA) is 80.9 Å². The lowest BCUT2D eigenvalue weighted by Gasteiger charge is -2.19. The van der Waals surface area contributed by atoms with Crippen molar-refractivity contribution < 1.29 is 14.3 Å². The summed E-state index contributed by atoms with van der Waals surface area (Å²) >= 11 is 3.09. The third kappa shape index (κ3) is 2.84. The van der Waals surface area contributed by atoms with Crippen LogP contribution in [0.5, 0.6) is 0 Å². The van der Waals surface area contributed by atoms with Crippen molar-refractivity contribution in [3.05, 3.63) is 28.5 Å². The zero-order chi connectivity index (χ0) is 14.9. The third-order valence-electron chi connectivity index (χ3n) is 2.83. The summed E-state index contributed by atoms with van der Waals surface area (Å²) in [6.07, 6.45) is 0. The number of carboxylic acids is 1. The number of hydrogen-bond donors (Lipinski definition) is 1. The molecule has 0 fully saturated rings. The van der Waals surface area contributed by atoms with Crippen LogP contribution in [0.25, 0.3) is 11.4 Å². The number of aromatic nitrogens is 4. The molecule has 0 aliphatic carbocycles. The van der Waals surface area contributed by atoms with Gasteiger partial charge in [0.1, 0.15) is 5.82 Å². The standard InChI is InChI=1S/C12H12BrFN4O2/c1-12(2,11(19)20)6-18-10(15-16-17-18)7-3-4-9(14)8(13)5-7/h3-5H,6H2,1-2H3,(H,19,20). The van der Waals surface area contributed by atoms with Gasteiger partial charge in [-0.2, -0.15) is 0 Å². The molecule has 0 unspecified atom stereocenters. The van der Waals surface area contributed by atoms with E-state index in [0.29, 0.717) is 15.9 Å². The summed E-state index contributed by atoms with van der Waals surface area (Å²) < 4.78 is 14.9. The monoisotopic (exact) mass is 342 g/mol. The van der Waals surface area contributed by atoms with E-state index < -0.39 is 17.2 Å². The summed E-state index contributed by atoms with van der Waals surface area (Å²) in [4.78, 5) is 11.2. The first kappa shape index (κ1) is 14.6. The van der Waals surface area contributed by atoms with Gasteiger partial charge >= 0.3 is 5.97 Å². The summed E-state index contributed by atoms with van der Waals surface area (Å²) in [6.45, 7) is 3.28. The van der Waals surface area contributed by atoms with Crippen LogP contribution in [0.15, 0.2) is 22.7 Å². The SMILES string of the molecule is CC(C)(Cn1nnnc1-c1ccc(F)c(Br)c1)C(=O)O. The lowest BCUT2D eigenvalue weighted by atomic mass is 9.94. The Kier molecular flexibility index (Phi) is 3.85. The van der Waals surface area contributed by atoms with Gasteiger partial charge in [-0.25, -0.2) is 9.07 Å². The van der Waals surface area contributed by atoms with Crippen LogP contribution in [0.1, 0.15) is 13.8 Å². The number of carbonyl (C=O) groups is 1. The first-order valence-corrected chi connectivity index (χ1v) is 6.55. The zero-order valence-corrected chi connectivity index (χ0v) is 12.4. The lowest BCUT2D eigenvalue weighted by Crippen LogP contribution is -2.30. The molecule has 0 radical (unpaired) electrons. The maximum absolute atomic E-state index is 13.2. The van der Waals surface area contributed by atoms with Crippen LogP contribution in [0.2, 0.25) is 0 Å². The highest BCUT2D eigenvalue weighted by atomic mass is 79.9. The van der Waals surface area contributed by atoms with Crippen molar-refractivity contribution >= 4 is 21.9 Å². The Balaban J connectivity index is 2.38. The first-order valence-electron chi connectivity index (χ1n) is 5.76. The molecule has 0 saturated heterocycles. The van der Waals surface area contributed by atoms with Crippen molar-refractivity contribution in [1.82, 2.24) is 20.2 Å². The molecule has 106 valence electrons. The highest BCUT2D eigenvalue weighted by Crippen LogP contribution is 2.25. The van der Waals surface area contributed by atoms with E-state index in [1.54, 1.807) is 19.9 Å². The molecule has 0 aliphatic heterocycles. The molecule has 0 bridgehead atoms. The van der Waals surface area contributed by atoms with Crippen molar-refractivity contribution in [1.29, 1.82) is 0 Å². The lowest BCUT2D eigenvalue weighted by molar-refractivity contribution is -0.147. The number of rotatable bonds is 4. The van der Waals surface area contributed by atoms with Crippen LogP contribution in [0, 0.1) is 11.2 Å². The number of hydrogen-bond acceptors (Lipinski definition) is 4. The van der Waals surface area contributed by atoms with Crippen molar-refractivity contribution in [3.8, 4) is 11.4 Å². The average Bonchev–Trinajstić information content (AvgIpc) is 2.80. The van der Waals surface area contributed by atoms with Gasteiger partial charge in [0.05, 0.1) is 16.4 Å². The molecular formula is C12H12BrFN4O2. The fourth-order valence-corrected chi connectivity index (χ4v) is 1.97. The largest absolute Gasteiger partial charge is 0.481 e. The number of benzene rings is 1. The van der Waals surface area contributed by atoms with Crippen molar-refractivity contribution in [3.63, 3.8) is 0 Å². The summed E-state index contributed by atoms with van der Waals surface area (Å²) in [5.41, 5.74) is -0.411. The number of aliphatic carboxylic acids is 1. The summed E-state index contributed by atoms with van der Waals surface area (Å²) in [5, 5.41) is 20.4. The molecule has 0 amide bonds. The minimum Gasteiger partial charge on any atom is -0.481 e. The molecule has 1 heterocycles. The number of nitrogens with zero attached hydrogens (tertiary/aromatic N) is 4. The van der Waals surface area contributed by atoms with Crippen LogP contribution < -0.4 is 0 Å². The number of halogens is 2. The minimum atomic E-state index is -1.01. The Morgan fingerprint density at radius 1 is 1.50 bits per heavy atom. The van der Waals surface area contributed by atoms with Gasteiger partial charge in [-0.15, -0.1) is 5.10 Å². The molecule has 20 heavy (non-hydrogen) atoms. The van der Waals surface area contributed by atoms with E-state index in [2.05, 4.69) is 31.5 Å². The molecule has 0 saturated carbocycles. The zero-order valence-electron chi connectivity index (χ0n) is 10.8. The molecule has 1 N–H and O–H groups in total. The molecule has 1 aromatic heterocycles. The highest BCUT2D eigenvalue weighted by molar-refractivity contribution is 9.10. The predicted octanol–water partition coefficient (Wildman–Crippen LogP) is 2.35. The smallest absolute Gasteiger partial charge is 0.310 e. The Labute approximate surface area is 122 Å². The second-order valence-electron chi connectivity index (χ2n) is 4.98. The van der Waals surface area contributed by atoms with E-state index in [0.717, 1.165) is 0 Å². The molecule has 2 aromatic rings. The van der Waals surface area contributed by atoms with E-state index in [9.17, 15) is 9.18 Å². The van der Waals surface area contributed by atoms with Gasteiger partial charge in [0.15, 0.2) is 5.82 Å². The Morgan fingerprint density at radius 2 is 2.20 bits per heavy atom. The van der Waals surface area contributed by atoms with Gasteiger partial charge in [-0.1, -0.05) is 0 Å². The van der Waals surface area contributed by atoms with Crippen LogP contribution in [0.4, 0.5) is 4.39 Å². The van der Waals surface area contributed by atoms with Gasteiger partial charge in [0, 0.05) is 5.56 Å². The Bertz CT molecular complexity index is 657. The van der Waals surface area contributed by atoms with Crippen LogP contribution in [-0.4, -0.2) is 31.3 Å². The normalized spacial score (nSPS) is 11.6. The molecule has 8 heteroatoms. The Morgan fingerprint density at radius 3 is 2.80 bits per heavy atom. The molecule has 0 atom stereocenters. The number of tetrazole rings is 1. The number of carboxylic acid groups (broad SMARTS) is 1. The van der Waals surface area contributed by atoms with Gasteiger partial charge in [0.2, 0.25) is 0 Å². The van der Waals surface area contributed by atoms with Crippen molar-refractivity contribution in [2.24, 2.45) is 5.41 Å². The van der Waals surface area contributed by atoms with Gasteiger partial charge in [0.25, 0.3) is 0 Å². The van der Waals surface area contributed by atoms with Crippen LogP contribution in [-0.2, 0) is 11.3 Å². The van der Waals surface area contributed by atoms with Gasteiger partial charge in [-0.05, 0) is 58.4 Å². The molecule has 0 aliphatic rings. The quantitative estimate of drug-likeness (QED) is 0.922. The molecular weight excluding hydrogens is 331 g/mol. The molecule has 1 aromatic carbocycles. The molecule has 0 spiro atoms. The van der Waals surface area contributed by atoms with Gasteiger partial charge in [-0.3, -0.25) is 4.79 Å². The predicted molar refractivity (Wildman–Crippen MR) is 72.3 cm³/mol. The third-order valence-corrected chi connectivity index (χ3v) is 3.44. The maximum Gasteiger partial charge on any atom is 0.310 e. The van der Waals surface area contributed by atoms with E-state index in [1.807, 2.05) is 0 Å². The average molecular weight is 343 g/mol. The fraction of sp³-hybridized carbons (Fsp3) is 0.333. The second kappa shape index (κ2) is 5.28. The van der Waals surface area contributed by atoms with E-state index in [4.69, 9.17) is 5.11 Å². The second-order valence-corrected chi connectivity index (χ2v) is 5.83. The molecule has 2 rings (SSSR count). The van der Waals surface area contributed by atoms with Crippen molar-refractivity contribution in [2.45, 2.75) is 20.4 Å². The van der Waals surface area contributed by atoms with Crippen molar-refractivity contribution in [2.75, 3.05) is 0 Å². The first-order chi connectivity index (χ1) is 9.31. The maximum atomic E-state index is 13.2. The Hall–Kier alpha value is -1.83. The van der Waals surface area contributed by atoms with E-state index in [-0.39, 0.29) is 6.54 Å². The fourth-order valence-electron chi connectivity index (χ4n) is 1.60. The summed E-state index contributed by atoms with van der Waals surface area (Å²) in [7, 11) is 0. The van der Waals surface area contributed by atoms with Crippen LogP contribution in [0.3, 0.4) is 0 Å². The molecule has 6 nitrogen and oxygen atoms in total. The van der Waals surface area contributed by atoms with Gasteiger partial charge < -0.3 is 5.11 Å².